The van der Waals surface area contributed by atoms with Crippen molar-refractivity contribution in [2.75, 3.05) is 22.6 Å². The zero-order valence-corrected chi connectivity index (χ0v) is 25.9. The normalized spacial score (nSPS) is 11.6. The summed E-state index contributed by atoms with van der Waals surface area (Å²) in [7, 11) is 0. The summed E-state index contributed by atoms with van der Waals surface area (Å²) < 4.78 is 2.03. The molecule has 18 heteroatoms. The maximum absolute atomic E-state index is 11.7. The van der Waals surface area contributed by atoms with Gasteiger partial charge in [0.05, 0.1) is 16.8 Å². The number of rotatable bonds is 10. The molecule has 0 aliphatic carbocycles. The lowest BCUT2D eigenvalue weighted by Gasteiger charge is -2.15. The average molecular weight is 647 g/mol. The Morgan fingerprint density at radius 3 is 2.09 bits per heavy atom. The van der Waals surface area contributed by atoms with Crippen LogP contribution in [0.4, 0.5) is 39.9 Å². The molecule has 0 bridgehead atoms. The molecule has 0 aliphatic rings. The number of aromatic nitrogens is 7. The zero-order valence-electron chi connectivity index (χ0n) is 24.2. The summed E-state index contributed by atoms with van der Waals surface area (Å²) in [6, 6.07) is 12.7. The monoisotopic (exact) mass is 646 g/mol. The fourth-order valence-electron chi connectivity index (χ4n) is 3.89. The van der Waals surface area contributed by atoms with Crippen molar-refractivity contribution >= 4 is 74.9 Å². The molecule has 0 saturated carbocycles. The molecule has 45 heavy (non-hydrogen) atoms. The number of thioether (sulfide) groups is 1. The Bertz CT molecular complexity index is 1890. The van der Waals surface area contributed by atoms with E-state index in [0.717, 1.165) is 10.4 Å². The van der Waals surface area contributed by atoms with Gasteiger partial charge >= 0.3 is 11.9 Å². The Hall–Kier alpha value is -5.49. The molecule has 230 valence electrons. The molecule has 0 atom stereocenters. The van der Waals surface area contributed by atoms with Crippen LogP contribution in [0.5, 0.6) is 0 Å². The zero-order chi connectivity index (χ0) is 32.3. The Morgan fingerprint density at radius 1 is 0.911 bits per heavy atom. The number of nitrogens with zero attached hydrogens (tertiary/aromatic N) is 9. The molecule has 5 rings (SSSR count). The first-order valence-corrected chi connectivity index (χ1v) is 15.1. The Kier molecular flexibility index (Phi) is 8.68. The van der Waals surface area contributed by atoms with Crippen LogP contribution in [0.2, 0.25) is 0 Å². The third-order valence-corrected chi connectivity index (χ3v) is 7.72. The van der Waals surface area contributed by atoms with Crippen LogP contribution in [0.25, 0.3) is 5.95 Å². The number of hydrogen-bond acceptors (Lipinski definition) is 15. The summed E-state index contributed by atoms with van der Waals surface area (Å²) in [5.74, 6) is -2.49. The lowest BCUT2D eigenvalue weighted by atomic mass is 9.91. The van der Waals surface area contributed by atoms with Crippen LogP contribution in [-0.2, 0) is 5.41 Å². The molecule has 16 nitrogen and oxygen atoms in total. The second-order valence-electron chi connectivity index (χ2n) is 10.3. The minimum atomic E-state index is -1.30. The van der Waals surface area contributed by atoms with Crippen molar-refractivity contribution < 1.29 is 19.8 Å². The molecular formula is C27H26N12O4S2. The van der Waals surface area contributed by atoms with Crippen LogP contribution >= 0.6 is 23.1 Å². The van der Waals surface area contributed by atoms with E-state index in [0.29, 0.717) is 16.5 Å². The van der Waals surface area contributed by atoms with E-state index in [1.54, 1.807) is 12.1 Å². The molecule has 5 aromatic rings. The fraction of sp³-hybridized carbons (Fsp3) is 0.185. The SMILES string of the molecule is CSc1nnc(N=Nc2c(C(C)(C)C)nn(-c3nc(Nc4ccccc4)nc(Nc4cc(C(=O)O)cc(C(=O)O)c4)n3)c2N)s1. The van der Waals surface area contributed by atoms with E-state index in [1.165, 1.54) is 39.9 Å². The second-order valence-corrected chi connectivity index (χ2v) is 12.3. The van der Waals surface area contributed by atoms with Gasteiger partial charge in [-0.3, -0.25) is 0 Å². The number of carboxylic acid groups (broad SMARTS) is 2. The third kappa shape index (κ3) is 7.19. The van der Waals surface area contributed by atoms with Gasteiger partial charge in [0, 0.05) is 16.8 Å². The first kappa shape index (κ1) is 31.0. The lowest BCUT2D eigenvalue weighted by molar-refractivity contribution is 0.0696. The number of aromatic carboxylic acids is 2. The van der Waals surface area contributed by atoms with Crippen LogP contribution in [-0.4, -0.2) is 63.3 Å². The maximum atomic E-state index is 11.7. The predicted molar refractivity (Wildman–Crippen MR) is 169 cm³/mol. The lowest BCUT2D eigenvalue weighted by Crippen LogP contribution is -2.15. The summed E-state index contributed by atoms with van der Waals surface area (Å²) in [5.41, 5.74) is 7.16. The summed E-state index contributed by atoms with van der Waals surface area (Å²) in [6.07, 6.45) is 1.88. The number of nitrogens with two attached hydrogens (primary N) is 1. The fourth-order valence-corrected chi connectivity index (χ4v) is 4.98. The van der Waals surface area contributed by atoms with Crippen molar-refractivity contribution in [3.8, 4) is 5.95 Å². The van der Waals surface area contributed by atoms with Crippen molar-refractivity contribution in [3.05, 3.63) is 65.4 Å². The molecule has 2 aromatic carbocycles. The number of hydrogen-bond donors (Lipinski definition) is 5. The van der Waals surface area contributed by atoms with Gasteiger partial charge in [0.15, 0.2) is 15.8 Å². The standard InChI is InChI=1S/C27H26N12O4S2/c1-27(2,3)18-17(34-35-25-36-37-26(44-4)45-25)19(28)39(38-18)24-32-22(29-15-8-6-5-7-9-15)31-23(33-24)30-16-11-13(20(40)41)10-14(12-16)21(42)43/h5-12H,28H2,1-4H3,(H,40,41)(H,42,43)(H2,29,30,31,32,33). The van der Waals surface area contributed by atoms with Gasteiger partial charge in [-0.05, 0) is 36.6 Å². The van der Waals surface area contributed by atoms with Crippen molar-refractivity contribution in [2.24, 2.45) is 10.2 Å². The molecule has 3 heterocycles. The number of nitrogens with one attached hydrogen (secondary N) is 2. The average Bonchev–Trinajstić information content (AvgIpc) is 3.60. The topological polar surface area (TPSA) is 232 Å². The molecule has 0 fully saturated rings. The predicted octanol–water partition coefficient (Wildman–Crippen LogP) is 5.81. The van der Waals surface area contributed by atoms with Crippen LogP contribution in [0.3, 0.4) is 0 Å². The van der Waals surface area contributed by atoms with Crippen molar-refractivity contribution in [3.63, 3.8) is 0 Å². The number of nitrogen functional groups attached to an aromatic ring is 1. The molecule has 6 N–H and O–H groups in total. The number of carbonyl (C=O) groups is 2. The molecule has 3 aromatic heterocycles. The molecule has 0 aliphatic heterocycles. The van der Waals surface area contributed by atoms with E-state index < -0.39 is 17.4 Å². The summed E-state index contributed by atoms with van der Waals surface area (Å²) in [4.78, 5) is 36.8. The molecule has 0 radical (unpaired) electrons. The van der Waals surface area contributed by atoms with Gasteiger partial charge < -0.3 is 26.6 Å². The van der Waals surface area contributed by atoms with Crippen LogP contribution in [0.15, 0.2) is 63.1 Å². The van der Waals surface area contributed by atoms with E-state index in [-0.39, 0.29) is 46.2 Å². The summed E-state index contributed by atoms with van der Waals surface area (Å²) in [6.45, 7) is 5.81. The molecule has 0 spiro atoms. The minimum Gasteiger partial charge on any atom is -0.478 e. The number of azo groups is 1. The summed E-state index contributed by atoms with van der Waals surface area (Å²) >= 11 is 2.72. The van der Waals surface area contributed by atoms with Crippen molar-refractivity contribution in [2.45, 2.75) is 30.5 Å². The number of anilines is 5. The Balaban J connectivity index is 1.62. The van der Waals surface area contributed by atoms with Gasteiger partial charge in [0.2, 0.25) is 11.9 Å². The van der Waals surface area contributed by atoms with Gasteiger partial charge in [-0.15, -0.1) is 20.4 Å². The maximum Gasteiger partial charge on any atom is 0.335 e. The highest BCUT2D eigenvalue weighted by atomic mass is 32.2. The van der Waals surface area contributed by atoms with Gasteiger partial charge in [0.25, 0.3) is 11.1 Å². The highest BCUT2D eigenvalue weighted by molar-refractivity contribution is 8.00. The van der Waals surface area contributed by atoms with Gasteiger partial charge in [-0.1, -0.05) is 62.1 Å². The Labute approximate surface area is 263 Å². The van der Waals surface area contributed by atoms with E-state index >= 15 is 0 Å². The quantitative estimate of drug-likeness (QED) is 0.0890. The smallest absolute Gasteiger partial charge is 0.335 e. The van der Waals surface area contributed by atoms with E-state index in [4.69, 9.17) is 10.8 Å². The largest absolute Gasteiger partial charge is 0.478 e. The van der Waals surface area contributed by atoms with Crippen LogP contribution in [0.1, 0.15) is 47.2 Å². The minimum absolute atomic E-state index is 0.0104. The van der Waals surface area contributed by atoms with Crippen LogP contribution in [0, 0.1) is 0 Å². The van der Waals surface area contributed by atoms with Crippen molar-refractivity contribution in [1.82, 2.24) is 34.9 Å². The first-order chi connectivity index (χ1) is 21.4. The molecule has 0 saturated heterocycles. The van der Waals surface area contributed by atoms with E-state index in [2.05, 4.69) is 46.0 Å². The Morgan fingerprint density at radius 2 is 1.53 bits per heavy atom. The summed E-state index contributed by atoms with van der Waals surface area (Å²) in [5, 5.41) is 46.7. The number of para-hydroxylation sites is 1. The molecular weight excluding hydrogens is 621 g/mol. The first-order valence-electron chi connectivity index (χ1n) is 13.1. The molecule has 0 amide bonds. The van der Waals surface area contributed by atoms with E-state index in [1.807, 2.05) is 45.2 Å². The third-order valence-electron chi connectivity index (χ3n) is 5.94. The molecule has 0 unspecified atom stereocenters. The second kappa shape index (κ2) is 12.6. The van der Waals surface area contributed by atoms with E-state index in [9.17, 15) is 19.8 Å². The highest BCUT2D eigenvalue weighted by Crippen LogP contribution is 2.38. The number of benzene rings is 2. The van der Waals surface area contributed by atoms with Gasteiger partial charge in [0.1, 0.15) is 0 Å². The van der Waals surface area contributed by atoms with Gasteiger partial charge in [-0.2, -0.15) is 24.7 Å². The number of carboxylic acids is 2. The highest BCUT2D eigenvalue weighted by Gasteiger charge is 2.28. The van der Waals surface area contributed by atoms with Crippen molar-refractivity contribution in [1.29, 1.82) is 0 Å². The van der Waals surface area contributed by atoms with Crippen LogP contribution < -0.4 is 16.4 Å². The van der Waals surface area contributed by atoms with Gasteiger partial charge in [-0.25, -0.2) is 9.59 Å².